The van der Waals surface area contributed by atoms with E-state index in [9.17, 15) is 0 Å². The highest BCUT2D eigenvalue weighted by atomic mass is 32.2. The molecule has 3 N–H and O–H groups in total. The lowest BCUT2D eigenvalue weighted by Crippen LogP contribution is -2.34. The minimum atomic E-state index is 0.712. The monoisotopic (exact) mass is 291 g/mol. The number of rotatable bonds is 6. The zero-order chi connectivity index (χ0) is 13.8. The lowest BCUT2D eigenvalue weighted by molar-refractivity contribution is 0.355. The van der Waals surface area contributed by atoms with E-state index >= 15 is 0 Å². The van der Waals surface area contributed by atoms with Gasteiger partial charge in [-0.3, -0.25) is 0 Å². The van der Waals surface area contributed by atoms with E-state index in [1.807, 2.05) is 0 Å². The van der Waals surface area contributed by atoms with Crippen molar-refractivity contribution in [3.8, 4) is 0 Å². The molecular formula is C16H25N3S. The standard InChI is InChI=1S/C16H25N3S/c1-20-19-14-4-2-13(3-5-14)15-10-16(15)18-11-12-6-8-17-9-7-12/h2-5,12,15-19H,6-11H2,1H3/t15-,16?/m0/s1. The van der Waals surface area contributed by atoms with E-state index in [-0.39, 0.29) is 0 Å². The molecule has 0 radical (unpaired) electrons. The maximum Gasteiger partial charge on any atom is 0.0440 e. The summed E-state index contributed by atoms with van der Waals surface area (Å²) in [5.74, 6) is 1.62. The Labute approximate surface area is 126 Å². The summed E-state index contributed by atoms with van der Waals surface area (Å²) in [5, 5.41) is 7.20. The molecule has 1 saturated heterocycles. The van der Waals surface area contributed by atoms with E-state index in [4.69, 9.17) is 0 Å². The molecule has 2 atom stereocenters. The van der Waals surface area contributed by atoms with Crippen molar-refractivity contribution in [1.29, 1.82) is 0 Å². The second-order valence-corrected chi connectivity index (χ2v) is 6.59. The van der Waals surface area contributed by atoms with Crippen molar-refractivity contribution in [3.05, 3.63) is 29.8 Å². The van der Waals surface area contributed by atoms with Crippen molar-refractivity contribution in [3.63, 3.8) is 0 Å². The molecule has 1 aromatic carbocycles. The predicted octanol–water partition coefficient (Wildman–Crippen LogP) is 2.82. The van der Waals surface area contributed by atoms with E-state index in [1.165, 1.54) is 50.1 Å². The van der Waals surface area contributed by atoms with Gasteiger partial charge in [-0.1, -0.05) is 24.1 Å². The summed E-state index contributed by atoms with van der Waals surface area (Å²) in [6.07, 6.45) is 6.02. The van der Waals surface area contributed by atoms with Crippen LogP contribution in [0.4, 0.5) is 5.69 Å². The molecule has 20 heavy (non-hydrogen) atoms. The second-order valence-electron chi connectivity index (χ2n) is 5.98. The van der Waals surface area contributed by atoms with Crippen LogP contribution in [0, 0.1) is 5.92 Å². The van der Waals surface area contributed by atoms with Gasteiger partial charge < -0.3 is 15.4 Å². The van der Waals surface area contributed by atoms with Gasteiger partial charge in [0.05, 0.1) is 0 Å². The van der Waals surface area contributed by atoms with Crippen LogP contribution in [0.5, 0.6) is 0 Å². The molecule has 3 rings (SSSR count). The molecule has 0 spiro atoms. The van der Waals surface area contributed by atoms with Crippen LogP contribution < -0.4 is 15.4 Å². The SMILES string of the molecule is CSNc1ccc([C@@H]2CC2NCC2CCNCC2)cc1. The average Bonchev–Trinajstić information content (AvgIpc) is 3.27. The van der Waals surface area contributed by atoms with Gasteiger partial charge in [0.25, 0.3) is 0 Å². The lowest BCUT2D eigenvalue weighted by Gasteiger charge is -2.22. The molecule has 110 valence electrons. The number of benzene rings is 1. The maximum atomic E-state index is 3.77. The Balaban J connectivity index is 1.43. The Bertz CT molecular complexity index is 414. The fourth-order valence-corrected chi connectivity index (χ4v) is 3.48. The van der Waals surface area contributed by atoms with Crippen molar-refractivity contribution in [2.24, 2.45) is 5.92 Å². The Morgan fingerprint density at radius 1 is 1.20 bits per heavy atom. The Hall–Kier alpha value is -0.710. The summed E-state index contributed by atoms with van der Waals surface area (Å²) in [4.78, 5) is 0. The van der Waals surface area contributed by atoms with Crippen molar-refractivity contribution in [2.45, 2.75) is 31.2 Å². The van der Waals surface area contributed by atoms with Gasteiger partial charge in [0.1, 0.15) is 0 Å². The minimum Gasteiger partial charge on any atom is -0.330 e. The zero-order valence-electron chi connectivity index (χ0n) is 12.2. The van der Waals surface area contributed by atoms with Gasteiger partial charge in [0.15, 0.2) is 0 Å². The molecule has 1 aliphatic carbocycles. The van der Waals surface area contributed by atoms with E-state index < -0.39 is 0 Å². The summed E-state index contributed by atoms with van der Waals surface area (Å²) >= 11 is 1.64. The van der Waals surface area contributed by atoms with Crippen molar-refractivity contribution >= 4 is 17.6 Å². The molecule has 1 heterocycles. The van der Waals surface area contributed by atoms with Crippen LogP contribution in [0.2, 0.25) is 0 Å². The van der Waals surface area contributed by atoms with Gasteiger partial charge >= 0.3 is 0 Å². The van der Waals surface area contributed by atoms with E-state index in [2.05, 4.69) is 45.9 Å². The van der Waals surface area contributed by atoms with Gasteiger partial charge in [0, 0.05) is 23.9 Å². The first kappa shape index (κ1) is 14.2. The van der Waals surface area contributed by atoms with Crippen molar-refractivity contribution in [1.82, 2.24) is 10.6 Å². The van der Waals surface area contributed by atoms with E-state index in [0.29, 0.717) is 6.04 Å². The fraction of sp³-hybridized carbons (Fsp3) is 0.625. The molecule has 2 fully saturated rings. The first-order valence-corrected chi connectivity index (χ1v) is 8.92. The maximum absolute atomic E-state index is 3.77. The first-order chi connectivity index (χ1) is 9.86. The largest absolute Gasteiger partial charge is 0.330 e. The minimum absolute atomic E-state index is 0.712. The van der Waals surface area contributed by atoms with Crippen LogP contribution in [0.15, 0.2) is 24.3 Å². The molecule has 1 unspecified atom stereocenters. The Morgan fingerprint density at radius 2 is 1.95 bits per heavy atom. The summed E-state index contributed by atoms with van der Waals surface area (Å²) < 4.78 is 3.27. The number of hydrogen-bond acceptors (Lipinski definition) is 4. The van der Waals surface area contributed by atoms with Crippen LogP contribution in [-0.2, 0) is 0 Å². The molecule has 1 aliphatic heterocycles. The molecule has 0 amide bonds. The van der Waals surface area contributed by atoms with E-state index in [0.717, 1.165) is 11.8 Å². The zero-order valence-corrected chi connectivity index (χ0v) is 13.0. The highest BCUT2D eigenvalue weighted by Crippen LogP contribution is 2.41. The lowest BCUT2D eigenvalue weighted by atomic mass is 9.98. The molecule has 1 saturated carbocycles. The predicted molar refractivity (Wildman–Crippen MR) is 88.3 cm³/mol. The Kier molecular flexibility index (Phi) is 4.86. The van der Waals surface area contributed by atoms with Gasteiger partial charge in [-0.2, -0.15) is 0 Å². The van der Waals surface area contributed by atoms with Gasteiger partial charge in [-0.25, -0.2) is 0 Å². The molecular weight excluding hydrogens is 266 g/mol. The highest BCUT2D eigenvalue weighted by molar-refractivity contribution is 7.99. The summed E-state index contributed by atoms with van der Waals surface area (Å²) in [7, 11) is 0. The van der Waals surface area contributed by atoms with Gasteiger partial charge in [0.2, 0.25) is 0 Å². The summed E-state index contributed by atoms with van der Waals surface area (Å²) in [5.41, 5.74) is 2.68. The first-order valence-electron chi connectivity index (χ1n) is 7.70. The molecule has 0 bridgehead atoms. The van der Waals surface area contributed by atoms with Crippen LogP contribution in [0.1, 0.15) is 30.7 Å². The number of piperidine rings is 1. The van der Waals surface area contributed by atoms with Crippen molar-refractivity contribution < 1.29 is 0 Å². The van der Waals surface area contributed by atoms with Gasteiger partial charge in [-0.15, -0.1) is 0 Å². The topological polar surface area (TPSA) is 36.1 Å². The van der Waals surface area contributed by atoms with Crippen molar-refractivity contribution in [2.75, 3.05) is 30.6 Å². The quantitative estimate of drug-likeness (QED) is 0.705. The molecule has 2 aliphatic rings. The number of anilines is 1. The molecule has 1 aromatic rings. The third-order valence-corrected chi connectivity index (χ3v) is 4.92. The Morgan fingerprint density at radius 3 is 2.65 bits per heavy atom. The summed E-state index contributed by atoms with van der Waals surface area (Å²) in [6, 6.07) is 9.64. The van der Waals surface area contributed by atoms with Crippen LogP contribution >= 0.6 is 11.9 Å². The third kappa shape index (κ3) is 3.68. The number of nitrogens with one attached hydrogen (secondary N) is 3. The molecule has 0 aromatic heterocycles. The average molecular weight is 291 g/mol. The second kappa shape index (κ2) is 6.83. The van der Waals surface area contributed by atoms with Crippen LogP contribution in [0.25, 0.3) is 0 Å². The van der Waals surface area contributed by atoms with E-state index in [1.54, 1.807) is 11.9 Å². The van der Waals surface area contributed by atoms with Gasteiger partial charge in [-0.05, 0) is 62.5 Å². The normalized spacial score (nSPS) is 26.4. The van der Waals surface area contributed by atoms with Crippen LogP contribution in [-0.4, -0.2) is 31.9 Å². The fourth-order valence-electron chi connectivity index (χ4n) is 3.11. The number of hydrogen-bond donors (Lipinski definition) is 3. The molecule has 3 nitrogen and oxygen atoms in total. The van der Waals surface area contributed by atoms with Crippen LogP contribution in [0.3, 0.4) is 0 Å². The molecule has 4 heteroatoms. The smallest absolute Gasteiger partial charge is 0.0440 e. The third-order valence-electron chi connectivity index (χ3n) is 4.48. The summed E-state index contributed by atoms with van der Waals surface area (Å²) in [6.45, 7) is 3.60. The highest BCUT2D eigenvalue weighted by Gasteiger charge is 2.38.